The van der Waals surface area contributed by atoms with Crippen molar-refractivity contribution in [3.8, 4) is 5.75 Å². The zero-order chi connectivity index (χ0) is 16.2. The largest absolute Gasteiger partial charge is 0.488 e. The maximum atomic E-state index is 13.1. The third-order valence-electron chi connectivity index (χ3n) is 3.15. The Morgan fingerprint density at radius 2 is 1.77 bits per heavy atom. The Kier molecular flexibility index (Phi) is 5.05. The lowest BCUT2D eigenvalue weighted by atomic mass is 10.0. The maximum Gasteiger partial charge on any atom is 0.419 e. The molecule has 0 amide bonds. The number of alkyl halides is 3. The van der Waals surface area contributed by atoms with Crippen LogP contribution in [0.4, 0.5) is 13.2 Å². The Balaban J connectivity index is 2.26. The second kappa shape index (κ2) is 6.81. The van der Waals surface area contributed by atoms with E-state index >= 15 is 0 Å². The number of halogens is 3. The molecular formula is C16H16F3NO2. The molecule has 118 valence electrons. The molecule has 2 aromatic rings. The number of nitrogens with two attached hydrogens (primary N) is 1. The average Bonchev–Trinajstić information content (AvgIpc) is 2.52. The van der Waals surface area contributed by atoms with Gasteiger partial charge in [-0.1, -0.05) is 36.4 Å². The van der Waals surface area contributed by atoms with Crippen molar-refractivity contribution >= 4 is 0 Å². The van der Waals surface area contributed by atoms with Gasteiger partial charge < -0.3 is 15.6 Å². The van der Waals surface area contributed by atoms with Crippen LogP contribution in [0.25, 0.3) is 0 Å². The highest BCUT2D eigenvalue weighted by Gasteiger charge is 2.35. The average molecular weight is 311 g/mol. The number of aliphatic hydroxyl groups excluding tert-OH is 1. The minimum absolute atomic E-state index is 0.0305. The Hall–Kier alpha value is -2.05. The fourth-order valence-corrected chi connectivity index (χ4v) is 1.97. The van der Waals surface area contributed by atoms with Crippen molar-refractivity contribution < 1.29 is 23.0 Å². The van der Waals surface area contributed by atoms with Crippen LogP contribution >= 0.6 is 0 Å². The van der Waals surface area contributed by atoms with E-state index in [2.05, 4.69) is 0 Å². The zero-order valence-electron chi connectivity index (χ0n) is 11.7. The van der Waals surface area contributed by atoms with E-state index in [4.69, 9.17) is 10.5 Å². The number of rotatable bonds is 5. The van der Waals surface area contributed by atoms with Crippen molar-refractivity contribution in [3.63, 3.8) is 0 Å². The summed E-state index contributed by atoms with van der Waals surface area (Å²) in [7, 11) is 0. The second-order valence-corrected chi connectivity index (χ2v) is 4.78. The lowest BCUT2D eigenvalue weighted by Gasteiger charge is -2.17. The fraction of sp³-hybridized carbons (Fsp3) is 0.250. The summed E-state index contributed by atoms with van der Waals surface area (Å²) in [6.45, 7) is -0.121. The summed E-state index contributed by atoms with van der Waals surface area (Å²) in [5.41, 5.74) is 5.23. The monoisotopic (exact) mass is 311 g/mol. The Bertz CT molecular complexity index is 615. The first-order valence-corrected chi connectivity index (χ1v) is 6.68. The molecule has 2 aromatic carbocycles. The van der Waals surface area contributed by atoms with Crippen molar-refractivity contribution in [2.45, 2.75) is 18.9 Å². The summed E-state index contributed by atoms with van der Waals surface area (Å²) < 4.78 is 44.7. The third kappa shape index (κ3) is 3.99. The number of benzene rings is 2. The topological polar surface area (TPSA) is 55.5 Å². The minimum atomic E-state index is -4.57. The van der Waals surface area contributed by atoms with Crippen LogP contribution < -0.4 is 10.5 Å². The highest BCUT2D eigenvalue weighted by molar-refractivity contribution is 5.40. The molecule has 0 fully saturated rings. The predicted molar refractivity (Wildman–Crippen MR) is 76.2 cm³/mol. The molecule has 0 aliphatic heterocycles. The number of hydrogen-bond acceptors (Lipinski definition) is 3. The van der Waals surface area contributed by atoms with Gasteiger partial charge in [0.2, 0.25) is 0 Å². The molecule has 0 aromatic heterocycles. The molecule has 3 N–H and O–H groups in total. The van der Waals surface area contributed by atoms with Gasteiger partial charge in [0.05, 0.1) is 11.7 Å². The molecule has 2 rings (SSSR count). The van der Waals surface area contributed by atoms with E-state index in [1.807, 2.05) is 6.07 Å². The zero-order valence-corrected chi connectivity index (χ0v) is 11.7. The molecule has 1 unspecified atom stereocenters. The quantitative estimate of drug-likeness (QED) is 0.891. The minimum Gasteiger partial charge on any atom is -0.488 e. The van der Waals surface area contributed by atoms with E-state index in [1.54, 1.807) is 24.3 Å². The molecule has 0 saturated heterocycles. The molecule has 0 saturated carbocycles. The second-order valence-electron chi connectivity index (χ2n) is 4.78. The van der Waals surface area contributed by atoms with Gasteiger partial charge in [-0.2, -0.15) is 13.2 Å². The number of hydrogen-bond donors (Lipinski definition) is 2. The summed E-state index contributed by atoms with van der Waals surface area (Å²) in [6, 6.07) is 12.4. The Morgan fingerprint density at radius 3 is 2.36 bits per heavy atom. The molecule has 0 bridgehead atoms. The van der Waals surface area contributed by atoms with Gasteiger partial charge in [-0.05, 0) is 23.3 Å². The summed E-state index contributed by atoms with van der Waals surface area (Å²) >= 11 is 0. The van der Waals surface area contributed by atoms with Crippen LogP contribution in [-0.2, 0) is 12.8 Å². The van der Waals surface area contributed by atoms with Crippen LogP contribution in [0.5, 0.6) is 5.75 Å². The van der Waals surface area contributed by atoms with E-state index in [0.717, 1.165) is 11.6 Å². The molecular weight excluding hydrogens is 295 g/mol. The van der Waals surface area contributed by atoms with Crippen LogP contribution in [0, 0.1) is 0 Å². The molecule has 0 spiro atoms. The first-order chi connectivity index (χ1) is 10.4. The van der Waals surface area contributed by atoms with E-state index in [9.17, 15) is 18.3 Å². The lowest BCUT2D eigenvalue weighted by molar-refractivity contribution is -0.139. The van der Waals surface area contributed by atoms with Crippen molar-refractivity contribution in [2.75, 3.05) is 6.54 Å². The van der Waals surface area contributed by atoms with Crippen LogP contribution in [0.2, 0.25) is 0 Å². The van der Waals surface area contributed by atoms with Crippen molar-refractivity contribution in [3.05, 3.63) is 65.2 Å². The molecule has 6 heteroatoms. The van der Waals surface area contributed by atoms with Crippen LogP contribution in [0.1, 0.15) is 22.8 Å². The standard InChI is InChI=1S/C16H16F3NO2/c17-16(18,19)13-8-12(14(21)9-20)6-7-15(13)22-10-11-4-2-1-3-5-11/h1-8,14,21H,9-10,20H2. The highest BCUT2D eigenvalue weighted by atomic mass is 19.4. The van der Waals surface area contributed by atoms with Gasteiger partial charge in [0, 0.05) is 6.54 Å². The Labute approximate surface area is 126 Å². The molecule has 0 aliphatic carbocycles. The predicted octanol–water partition coefficient (Wildman–Crippen LogP) is 3.28. The summed E-state index contributed by atoms with van der Waals surface area (Å²) in [6.07, 6.45) is -5.71. The third-order valence-corrected chi connectivity index (χ3v) is 3.15. The van der Waals surface area contributed by atoms with E-state index < -0.39 is 17.8 Å². The van der Waals surface area contributed by atoms with Gasteiger partial charge in [-0.3, -0.25) is 0 Å². The summed E-state index contributed by atoms with van der Waals surface area (Å²) in [5, 5.41) is 9.59. The molecule has 0 radical (unpaired) electrons. The van der Waals surface area contributed by atoms with Gasteiger partial charge in [-0.25, -0.2) is 0 Å². The molecule has 22 heavy (non-hydrogen) atoms. The molecule has 0 heterocycles. The first-order valence-electron chi connectivity index (χ1n) is 6.68. The smallest absolute Gasteiger partial charge is 0.419 e. The van der Waals surface area contributed by atoms with E-state index in [-0.39, 0.29) is 24.5 Å². The van der Waals surface area contributed by atoms with E-state index in [1.165, 1.54) is 12.1 Å². The maximum absolute atomic E-state index is 13.1. The van der Waals surface area contributed by atoms with Gasteiger partial charge in [0.25, 0.3) is 0 Å². The number of aliphatic hydroxyl groups is 1. The van der Waals surface area contributed by atoms with Gasteiger partial charge in [0.15, 0.2) is 0 Å². The van der Waals surface area contributed by atoms with Crippen molar-refractivity contribution in [1.29, 1.82) is 0 Å². The van der Waals surface area contributed by atoms with Crippen LogP contribution in [0.3, 0.4) is 0 Å². The molecule has 1 atom stereocenters. The summed E-state index contributed by atoms with van der Waals surface area (Å²) in [5.74, 6) is -0.274. The first kappa shape index (κ1) is 16.3. The normalized spacial score (nSPS) is 13.0. The van der Waals surface area contributed by atoms with Gasteiger partial charge >= 0.3 is 6.18 Å². The van der Waals surface area contributed by atoms with E-state index in [0.29, 0.717) is 0 Å². The summed E-state index contributed by atoms with van der Waals surface area (Å²) in [4.78, 5) is 0. The number of ether oxygens (including phenoxy) is 1. The SMILES string of the molecule is NCC(O)c1ccc(OCc2ccccc2)c(C(F)(F)F)c1. The highest BCUT2D eigenvalue weighted by Crippen LogP contribution is 2.38. The van der Waals surface area contributed by atoms with Crippen molar-refractivity contribution in [1.82, 2.24) is 0 Å². The molecule has 0 aliphatic rings. The van der Waals surface area contributed by atoms with Crippen LogP contribution in [-0.4, -0.2) is 11.7 Å². The van der Waals surface area contributed by atoms with Gasteiger partial charge in [-0.15, -0.1) is 0 Å². The molecule has 3 nitrogen and oxygen atoms in total. The van der Waals surface area contributed by atoms with Gasteiger partial charge in [0.1, 0.15) is 12.4 Å². The van der Waals surface area contributed by atoms with Crippen molar-refractivity contribution in [2.24, 2.45) is 5.73 Å². The van der Waals surface area contributed by atoms with Crippen LogP contribution in [0.15, 0.2) is 48.5 Å². The fourth-order valence-electron chi connectivity index (χ4n) is 1.97. The lowest BCUT2D eigenvalue weighted by Crippen LogP contribution is -2.14. The Morgan fingerprint density at radius 1 is 1.09 bits per heavy atom.